The van der Waals surface area contributed by atoms with Crippen molar-refractivity contribution in [1.82, 2.24) is 24.8 Å². The topological polar surface area (TPSA) is 67.7 Å². The van der Waals surface area contributed by atoms with Crippen LogP contribution in [0, 0.1) is 12.7 Å². The molecule has 1 saturated carbocycles. The fraction of sp³-hybridized carbons (Fsp3) is 0.346. The van der Waals surface area contributed by atoms with Crippen molar-refractivity contribution < 1.29 is 4.39 Å². The van der Waals surface area contributed by atoms with Crippen molar-refractivity contribution in [2.24, 2.45) is 0 Å². The van der Waals surface area contributed by atoms with E-state index >= 15 is 0 Å². The smallest absolute Gasteiger partial charge is 0.210 e. The highest BCUT2D eigenvalue weighted by atomic mass is 19.1. The summed E-state index contributed by atoms with van der Waals surface area (Å²) in [6, 6.07) is 15.9. The fourth-order valence-corrected chi connectivity index (χ4v) is 4.64. The van der Waals surface area contributed by atoms with E-state index in [1.807, 2.05) is 13.1 Å². The van der Waals surface area contributed by atoms with Crippen LogP contribution < -0.4 is 10.6 Å². The molecule has 0 unspecified atom stereocenters. The molecule has 4 aromatic rings. The second-order valence-corrected chi connectivity index (χ2v) is 8.86. The highest BCUT2D eigenvalue weighted by molar-refractivity contribution is 5.75. The van der Waals surface area contributed by atoms with Gasteiger partial charge < -0.3 is 10.6 Å². The molecule has 0 amide bonds. The largest absolute Gasteiger partial charge is 0.323 e. The lowest BCUT2D eigenvalue weighted by atomic mass is 9.91. The molecule has 170 valence electrons. The second-order valence-electron chi connectivity index (χ2n) is 8.86. The quantitative estimate of drug-likeness (QED) is 0.422. The van der Waals surface area contributed by atoms with Gasteiger partial charge in [-0.05, 0) is 57.4 Å². The van der Waals surface area contributed by atoms with Crippen LogP contribution in [0.15, 0.2) is 54.7 Å². The van der Waals surface area contributed by atoms with E-state index in [4.69, 9.17) is 9.97 Å². The maximum absolute atomic E-state index is 14.4. The monoisotopic (exact) mass is 444 g/mol. The molecule has 1 fully saturated rings. The van der Waals surface area contributed by atoms with E-state index < -0.39 is 0 Å². The average molecular weight is 445 g/mol. The Hall–Kier alpha value is -3.32. The molecule has 2 aromatic heterocycles. The molecular formula is C26H29FN6. The summed E-state index contributed by atoms with van der Waals surface area (Å²) in [6.07, 6.45) is 6.64. The van der Waals surface area contributed by atoms with Crippen molar-refractivity contribution in [3.05, 3.63) is 77.5 Å². The molecule has 7 heteroatoms. The maximum atomic E-state index is 14.4. The highest BCUT2D eigenvalue weighted by Gasteiger charge is 2.26. The number of hydrogen-bond acceptors (Lipinski definition) is 5. The van der Waals surface area contributed by atoms with Crippen molar-refractivity contribution in [2.45, 2.75) is 51.1 Å². The Kier molecular flexibility index (Phi) is 6.05. The van der Waals surface area contributed by atoms with Gasteiger partial charge in [0, 0.05) is 18.5 Å². The fourth-order valence-electron chi connectivity index (χ4n) is 4.64. The zero-order valence-corrected chi connectivity index (χ0v) is 19.1. The van der Waals surface area contributed by atoms with Crippen LogP contribution in [-0.2, 0) is 6.42 Å². The zero-order chi connectivity index (χ0) is 22.8. The predicted octanol–water partition coefficient (Wildman–Crippen LogP) is 5.31. The van der Waals surface area contributed by atoms with Gasteiger partial charge in [-0.15, -0.1) is 0 Å². The van der Waals surface area contributed by atoms with E-state index in [1.165, 1.54) is 17.2 Å². The molecule has 33 heavy (non-hydrogen) atoms. The molecule has 2 heterocycles. The molecule has 0 aliphatic heterocycles. The predicted molar refractivity (Wildman–Crippen MR) is 129 cm³/mol. The summed E-state index contributed by atoms with van der Waals surface area (Å²) in [5, 5.41) is 6.62. The minimum Gasteiger partial charge on any atom is -0.323 e. The lowest BCUT2D eigenvalue weighted by Crippen LogP contribution is -2.31. The number of aryl methyl sites for hydroxylation is 1. The van der Waals surface area contributed by atoms with Crippen LogP contribution in [0.25, 0.3) is 11.2 Å². The van der Waals surface area contributed by atoms with Crippen molar-refractivity contribution >= 4 is 22.8 Å². The Balaban J connectivity index is 1.53. The van der Waals surface area contributed by atoms with Gasteiger partial charge in [0.25, 0.3) is 0 Å². The van der Waals surface area contributed by atoms with Crippen LogP contribution in [0.5, 0.6) is 0 Å². The summed E-state index contributed by atoms with van der Waals surface area (Å²) < 4.78 is 16.6. The van der Waals surface area contributed by atoms with Crippen molar-refractivity contribution in [1.29, 1.82) is 0 Å². The van der Waals surface area contributed by atoms with Gasteiger partial charge >= 0.3 is 0 Å². The number of anilines is 2. The van der Waals surface area contributed by atoms with Crippen LogP contribution in [0.2, 0.25) is 0 Å². The average Bonchev–Trinajstić information content (AvgIpc) is 3.19. The number of imidazole rings is 1. The molecule has 2 aromatic carbocycles. The van der Waals surface area contributed by atoms with Gasteiger partial charge in [0.1, 0.15) is 17.2 Å². The number of aromatic nitrogens is 4. The van der Waals surface area contributed by atoms with Crippen LogP contribution in [0.3, 0.4) is 0 Å². The lowest BCUT2D eigenvalue weighted by molar-refractivity contribution is 0.306. The third-order valence-corrected chi connectivity index (χ3v) is 6.56. The molecule has 0 saturated heterocycles. The van der Waals surface area contributed by atoms with Crippen LogP contribution in [0.4, 0.5) is 16.0 Å². The summed E-state index contributed by atoms with van der Waals surface area (Å²) in [5.74, 6) is 1.07. The summed E-state index contributed by atoms with van der Waals surface area (Å²) in [6.45, 7) is 2.08. The third kappa shape index (κ3) is 4.59. The highest BCUT2D eigenvalue weighted by Crippen LogP contribution is 2.35. The number of halogens is 1. The Morgan fingerprint density at radius 3 is 2.48 bits per heavy atom. The lowest BCUT2D eigenvalue weighted by Gasteiger charge is -2.30. The molecule has 0 atom stereocenters. The molecule has 5 rings (SSSR count). The molecular weight excluding hydrogens is 415 g/mol. The molecule has 1 aliphatic carbocycles. The number of nitrogens with one attached hydrogen (secondary N) is 2. The Morgan fingerprint density at radius 1 is 1.00 bits per heavy atom. The molecule has 1 aliphatic rings. The van der Waals surface area contributed by atoms with E-state index in [-0.39, 0.29) is 11.9 Å². The van der Waals surface area contributed by atoms with E-state index in [0.29, 0.717) is 24.1 Å². The first kappa shape index (κ1) is 21.5. The van der Waals surface area contributed by atoms with Gasteiger partial charge in [-0.25, -0.2) is 19.3 Å². The van der Waals surface area contributed by atoms with Gasteiger partial charge in [-0.1, -0.05) is 42.0 Å². The van der Waals surface area contributed by atoms with E-state index in [1.54, 1.807) is 18.3 Å². The number of hydrogen-bond donors (Lipinski definition) is 2. The SMILES string of the molecule is CNC1CCC(n2c(Nc3ccccc3F)nc3cnc(Cc4ccc(C)cc4)nc32)CC1. The third-order valence-electron chi connectivity index (χ3n) is 6.56. The van der Waals surface area contributed by atoms with Crippen LogP contribution in [0.1, 0.15) is 48.7 Å². The molecule has 0 spiro atoms. The van der Waals surface area contributed by atoms with Crippen molar-refractivity contribution in [3.8, 4) is 0 Å². The molecule has 0 radical (unpaired) electrons. The molecule has 2 N–H and O–H groups in total. The Morgan fingerprint density at radius 2 is 1.76 bits per heavy atom. The summed E-state index contributed by atoms with van der Waals surface area (Å²) >= 11 is 0. The van der Waals surface area contributed by atoms with Gasteiger partial charge in [-0.2, -0.15) is 0 Å². The van der Waals surface area contributed by atoms with E-state index in [0.717, 1.165) is 42.7 Å². The van der Waals surface area contributed by atoms with Gasteiger partial charge in [0.15, 0.2) is 5.65 Å². The standard InChI is InChI=1S/C26H29FN6/c1-17-7-9-18(10-8-17)15-24-29-16-23-25(32-24)33(20-13-11-19(28-2)12-14-20)26(31-23)30-22-6-4-3-5-21(22)27/h3-10,16,19-20,28H,11-15H2,1-2H3,(H,30,31). The first-order chi connectivity index (χ1) is 16.1. The number of benzene rings is 2. The minimum atomic E-state index is -0.304. The van der Waals surface area contributed by atoms with Gasteiger partial charge in [-0.3, -0.25) is 4.57 Å². The van der Waals surface area contributed by atoms with E-state index in [2.05, 4.69) is 51.4 Å². The van der Waals surface area contributed by atoms with Crippen molar-refractivity contribution in [2.75, 3.05) is 12.4 Å². The normalized spacial score (nSPS) is 18.5. The van der Waals surface area contributed by atoms with E-state index in [9.17, 15) is 4.39 Å². The van der Waals surface area contributed by atoms with Crippen molar-refractivity contribution in [3.63, 3.8) is 0 Å². The number of fused-ring (bicyclic) bond motifs is 1. The Labute approximate surface area is 193 Å². The first-order valence-electron chi connectivity index (χ1n) is 11.6. The molecule has 6 nitrogen and oxygen atoms in total. The molecule has 0 bridgehead atoms. The zero-order valence-electron chi connectivity index (χ0n) is 19.1. The number of rotatable bonds is 6. The van der Waals surface area contributed by atoms with Gasteiger partial charge in [0.2, 0.25) is 5.95 Å². The summed E-state index contributed by atoms with van der Waals surface area (Å²) in [4.78, 5) is 14.3. The summed E-state index contributed by atoms with van der Waals surface area (Å²) in [5.41, 5.74) is 4.33. The second kappa shape index (κ2) is 9.27. The Bertz CT molecular complexity index is 1240. The number of nitrogens with zero attached hydrogens (tertiary/aromatic N) is 4. The number of para-hydroxylation sites is 1. The van der Waals surface area contributed by atoms with Crippen LogP contribution in [-0.4, -0.2) is 32.6 Å². The maximum Gasteiger partial charge on any atom is 0.210 e. The van der Waals surface area contributed by atoms with Crippen LogP contribution >= 0.6 is 0 Å². The minimum absolute atomic E-state index is 0.246. The summed E-state index contributed by atoms with van der Waals surface area (Å²) in [7, 11) is 2.02. The first-order valence-corrected chi connectivity index (χ1v) is 11.6. The van der Waals surface area contributed by atoms with Gasteiger partial charge in [0.05, 0.1) is 11.9 Å².